The van der Waals surface area contributed by atoms with Gasteiger partial charge in [-0.15, -0.1) is 0 Å². The van der Waals surface area contributed by atoms with E-state index in [-0.39, 0.29) is 12.5 Å². The molecule has 1 amide bonds. The number of hydrogen-bond acceptors (Lipinski definition) is 5. The normalized spacial score (nSPS) is 14.4. The maximum Gasteiger partial charge on any atom is 0.236 e. The highest BCUT2D eigenvalue weighted by Gasteiger charge is 2.31. The molecule has 0 aliphatic heterocycles. The van der Waals surface area contributed by atoms with Crippen molar-refractivity contribution in [2.24, 2.45) is 5.73 Å². The second kappa shape index (κ2) is 6.61. The number of carbonyl (C=O) groups is 1. The lowest BCUT2D eigenvalue weighted by Crippen LogP contribution is -2.48. The molecule has 5 nitrogen and oxygen atoms in total. The average Bonchev–Trinajstić information content (AvgIpc) is 2.20. The van der Waals surface area contributed by atoms with E-state index in [1.54, 1.807) is 25.6 Å². The van der Waals surface area contributed by atoms with E-state index >= 15 is 0 Å². The molecule has 0 aliphatic rings. The molecule has 0 bridgehead atoms. The lowest BCUT2D eigenvalue weighted by atomic mass is 10.2. The Morgan fingerprint density at radius 3 is 2.41 bits per heavy atom. The van der Waals surface area contributed by atoms with Crippen molar-refractivity contribution in [3.05, 3.63) is 0 Å². The van der Waals surface area contributed by atoms with Crippen LogP contribution in [0.25, 0.3) is 0 Å². The largest absolute Gasteiger partial charge is 0.353 e. The van der Waals surface area contributed by atoms with Gasteiger partial charge in [0.1, 0.15) is 0 Å². The van der Waals surface area contributed by atoms with Gasteiger partial charge in [0.2, 0.25) is 5.91 Å². The third kappa shape index (κ3) is 5.74. The van der Waals surface area contributed by atoms with Crippen LogP contribution in [0.1, 0.15) is 20.3 Å². The van der Waals surface area contributed by atoms with Crippen LogP contribution in [0.5, 0.6) is 0 Å². The summed E-state index contributed by atoms with van der Waals surface area (Å²) in [5, 5.41) is 2.59. The van der Waals surface area contributed by atoms with Crippen molar-refractivity contribution in [3.63, 3.8) is 0 Å². The molecule has 0 saturated carbocycles. The van der Waals surface area contributed by atoms with Gasteiger partial charge in [-0.3, -0.25) is 4.79 Å². The molecule has 0 fully saturated rings. The molecule has 0 unspecified atom stereocenters. The first kappa shape index (κ1) is 16.7. The van der Waals surface area contributed by atoms with Gasteiger partial charge in [0, 0.05) is 12.8 Å². The molecule has 0 aliphatic carbocycles. The number of thioether (sulfide) groups is 1. The molecule has 7 heteroatoms. The van der Waals surface area contributed by atoms with Crippen molar-refractivity contribution in [3.8, 4) is 0 Å². The summed E-state index contributed by atoms with van der Waals surface area (Å²) in [4.78, 5) is 11.6. The highest BCUT2D eigenvalue weighted by atomic mass is 32.2. The second-order valence-corrected chi connectivity index (χ2v) is 8.27. The monoisotopic (exact) mass is 282 g/mol. The Morgan fingerprint density at radius 2 is 2.00 bits per heavy atom. The van der Waals surface area contributed by atoms with Crippen LogP contribution in [0.15, 0.2) is 0 Å². The minimum absolute atomic E-state index is 0.0810. The van der Waals surface area contributed by atoms with Crippen LogP contribution in [0.3, 0.4) is 0 Å². The third-order valence-corrected chi connectivity index (χ3v) is 5.46. The summed E-state index contributed by atoms with van der Waals surface area (Å²) in [6.45, 7) is 3.24. The Hall–Kier alpha value is -0.270. The number of carbonyl (C=O) groups excluding carboxylic acids is 1. The molecule has 0 rings (SSSR count). The van der Waals surface area contributed by atoms with Crippen LogP contribution in [-0.2, 0) is 14.6 Å². The molecule has 0 aromatic carbocycles. The fourth-order valence-corrected chi connectivity index (χ4v) is 1.76. The zero-order valence-electron chi connectivity index (χ0n) is 10.8. The van der Waals surface area contributed by atoms with Gasteiger partial charge in [0.25, 0.3) is 0 Å². The molecular formula is C10H22N2O3S2. The summed E-state index contributed by atoms with van der Waals surface area (Å²) in [5.74, 6) is 0.514. The van der Waals surface area contributed by atoms with Gasteiger partial charge in [-0.25, -0.2) is 8.42 Å². The Bertz CT molecular complexity index is 353. The minimum atomic E-state index is -3.20. The molecule has 3 N–H and O–H groups in total. The van der Waals surface area contributed by atoms with Gasteiger partial charge >= 0.3 is 0 Å². The number of nitrogens with two attached hydrogens (primary N) is 1. The molecule has 1 atom stereocenters. The highest BCUT2D eigenvalue weighted by molar-refractivity contribution is 7.98. The summed E-state index contributed by atoms with van der Waals surface area (Å²) in [6, 6.07) is -0.571. The molecular weight excluding hydrogens is 260 g/mol. The van der Waals surface area contributed by atoms with Crippen LogP contribution >= 0.6 is 11.8 Å². The quantitative estimate of drug-likeness (QED) is 0.686. The lowest BCUT2D eigenvalue weighted by molar-refractivity contribution is -0.122. The molecule has 0 spiro atoms. The van der Waals surface area contributed by atoms with Gasteiger partial charge < -0.3 is 11.1 Å². The van der Waals surface area contributed by atoms with Crippen molar-refractivity contribution in [1.82, 2.24) is 5.32 Å². The van der Waals surface area contributed by atoms with Crippen molar-refractivity contribution in [2.75, 3.05) is 24.8 Å². The predicted octanol–water partition coefficient (Wildman–Crippen LogP) is 0.00620. The number of hydrogen-bond donors (Lipinski definition) is 2. The Kier molecular flexibility index (Phi) is 6.50. The van der Waals surface area contributed by atoms with Crippen LogP contribution in [-0.4, -0.2) is 49.9 Å². The fraction of sp³-hybridized carbons (Fsp3) is 0.900. The van der Waals surface area contributed by atoms with Gasteiger partial charge in [-0.05, 0) is 32.3 Å². The van der Waals surface area contributed by atoms with Crippen molar-refractivity contribution in [2.45, 2.75) is 31.1 Å². The zero-order valence-corrected chi connectivity index (χ0v) is 12.5. The van der Waals surface area contributed by atoms with Crippen LogP contribution in [0.4, 0.5) is 0 Å². The van der Waals surface area contributed by atoms with E-state index in [2.05, 4.69) is 5.32 Å². The molecule has 0 aromatic rings. The lowest BCUT2D eigenvalue weighted by Gasteiger charge is -2.23. The van der Waals surface area contributed by atoms with Gasteiger partial charge in [0.15, 0.2) is 9.84 Å². The highest BCUT2D eigenvalue weighted by Crippen LogP contribution is 2.13. The Morgan fingerprint density at radius 1 is 1.47 bits per heavy atom. The van der Waals surface area contributed by atoms with Crippen molar-refractivity contribution < 1.29 is 13.2 Å². The molecule has 0 aromatic heterocycles. The predicted molar refractivity (Wildman–Crippen MR) is 72.9 cm³/mol. The van der Waals surface area contributed by atoms with E-state index < -0.39 is 20.6 Å². The summed E-state index contributed by atoms with van der Waals surface area (Å²) in [5.41, 5.74) is 5.67. The molecule has 0 heterocycles. The van der Waals surface area contributed by atoms with Crippen LogP contribution in [0.2, 0.25) is 0 Å². The molecule has 0 radical (unpaired) electrons. The van der Waals surface area contributed by atoms with Gasteiger partial charge in [-0.1, -0.05) is 0 Å². The number of sulfone groups is 1. The van der Waals surface area contributed by atoms with E-state index in [4.69, 9.17) is 5.73 Å². The first-order valence-electron chi connectivity index (χ1n) is 5.33. The van der Waals surface area contributed by atoms with E-state index in [1.165, 1.54) is 0 Å². The first-order chi connectivity index (χ1) is 7.62. The Balaban J connectivity index is 4.25. The van der Waals surface area contributed by atoms with E-state index in [1.807, 2.05) is 6.26 Å². The first-order valence-corrected chi connectivity index (χ1v) is 8.62. The maximum absolute atomic E-state index is 11.6. The fourth-order valence-electron chi connectivity index (χ4n) is 0.938. The van der Waals surface area contributed by atoms with Gasteiger partial charge in [-0.2, -0.15) is 11.8 Å². The standard InChI is InChI=1S/C10H22N2O3S2/c1-10(2,17(4,14)15)7-12-9(13)8(11)5-6-16-3/h8H,5-7,11H2,1-4H3,(H,12,13)/t8-/m0/s1. The summed E-state index contributed by atoms with van der Waals surface area (Å²) < 4.78 is 21.9. The van der Waals surface area contributed by atoms with E-state index in [9.17, 15) is 13.2 Å². The molecule has 102 valence electrons. The number of nitrogens with one attached hydrogen (secondary N) is 1. The maximum atomic E-state index is 11.6. The van der Waals surface area contributed by atoms with Gasteiger partial charge in [0.05, 0.1) is 10.8 Å². The third-order valence-electron chi connectivity index (χ3n) is 2.66. The summed E-state index contributed by atoms with van der Waals surface area (Å²) in [6.07, 6.45) is 3.69. The SMILES string of the molecule is CSCC[C@H](N)C(=O)NCC(C)(C)S(C)(=O)=O. The van der Waals surface area contributed by atoms with E-state index in [0.717, 1.165) is 12.0 Å². The summed E-state index contributed by atoms with van der Waals surface area (Å²) in [7, 11) is -3.20. The second-order valence-electron chi connectivity index (χ2n) is 4.64. The van der Waals surface area contributed by atoms with Crippen molar-refractivity contribution >= 4 is 27.5 Å². The summed E-state index contributed by atoms with van der Waals surface area (Å²) >= 11 is 1.62. The van der Waals surface area contributed by atoms with Crippen LogP contribution in [0, 0.1) is 0 Å². The molecule has 0 saturated heterocycles. The topological polar surface area (TPSA) is 89.3 Å². The van der Waals surface area contributed by atoms with Crippen LogP contribution < -0.4 is 11.1 Å². The molecule has 17 heavy (non-hydrogen) atoms. The van der Waals surface area contributed by atoms with E-state index in [0.29, 0.717) is 6.42 Å². The smallest absolute Gasteiger partial charge is 0.236 e. The number of rotatable bonds is 7. The number of amides is 1. The average molecular weight is 282 g/mol. The zero-order chi connectivity index (χ0) is 13.7. The van der Waals surface area contributed by atoms with Crippen molar-refractivity contribution in [1.29, 1.82) is 0 Å². The Labute approximate surface area is 108 Å². The minimum Gasteiger partial charge on any atom is -0.353 e.